The second-order valence-electron chi connectivity index (χ2n) is 3.73. The molecule has 0 bridgehead atoms. The molecular weight excluding hydrogens is 228 g/mol. The summed E-state index contributed by atoms with van der Waals surface area (Å²) in [5, 5.41) is 8.97. The number of hydrogen-bond donors (Lipinski definition) is 1. The molecule has 1 aromatic carbocycles. The summed E-state index contributed by atoms with van der Waals surface area (Å²) in [5.41, 5.74) is 0. The van der Waals surface area contributed by atoms with E-state index in [1.54, 1.807) is 32.0 Å². The molecule has 0 aliphatic heterocycles. The minimum absolute atomic E-state index is 0.0180. The third-order valence-electron chi connectivity index (χ3n) is 2.21. The van der Waals surface area contributed by atoms with E-state index in [2.05, 4.69) is 0 Å². The lowest BCUT2D eigenvalue weighted by Gasteiger charge is -2.09. The van der Waals surface area contributed by atoms with Crippen molar-refractivity contribution in [2.24, 2.45) is 0 Å². The Labute approximate surface area is 95.8 Å². The van der Waals surface area contributed by atoms with E-state index >= 15 is 0 Å². The van der Waals surface area contributed by atoms with Crippen LogP contribution in [0, 0.1) is 0 Å². The van der Waals surface area contributed by atoms with Crippen LogP contribution in [0.15, 0.2) is 24.3 Å². The van der Waals surface area contributed by atoms with Crippen LogP contribution in [0.2, 0.25) is 0 Å². The molecule has 5 heteroatoms. The highest BCUT2D eigenvalue weighted by Crippen LogP contribution is 2.24. The summed E-state index contributed by atoms with van der Waals surface area (Å²) in [7, 11) is -3.09. The Morgan fingerprint density at radius 3 is 2.50 bits per heavy atom. The zero-order chi connectivity index (χ0) is 12.2. The first-order valence-electron chi connectivity index (χ1n) is 5.06. The Bertz CT molecular complexity index is 437. The summed E-state index contributed by atoms with van der Waals surface area (Å²) in [4.78, 5) is 0. The van der Waals surface area contributed by atoms with Gasteiger partial charge in [-0.15, -0.1) is 0 Å². The summed E-state index contributed by atoms with van der Waals surface area (Å²) in [5.74, 6) is 0.282. The first-order valence-corrected chi connectivity index (χ1v) is 6.77. The molecule has 0 unspecified atom stereocenters. The van der Waals surface area contributed by atoms with Crippen LogP contribution >= 0.6 is 0 Å². The van der Waals surface area contributed by atoms with E-state index in [1.807, 2.05) is 0 Å². The molecule has 0 heterocycles. The second kappa shape index (κ2) is 5.21. The Kier molecular flexibility index (Phi) is 4.18. The average Bonchev–Trinajstić information content (AvgIpc) is 2.20. The Balaban J connectivity index is 2.52. The van der Waals surface area contributed by atoms with E-state index < -0.39 is 15.1 Å². The van der Waals surface area contributed by atoms with Gasteiger partial charge in [0.15, 0.2) is 21.3 Å². The van der Waals surface area contributed by atoms with Crippen molar-refractivity contribution in [2.75, 3.05) is 12.4 Å². The molecule has 0 aliphatic carbocycles. The topological polar surface area (TPSA) is 63.6 Å². The van der Waals surface area contributed by atoms with Gasteiger partial charge in [-0.25, -0.2) is 8.42 Å². The fourth-order valence-corrected chi connectivity index (χ4v) is 1.87. The maximum atomic E-state index is 11.5. The smallest absolute Gasteiger partial charge is 0.160 e. The Morgan fingerprint density at radius 2 is 1.94 bits per heavy atom. The third kappa shape index (κ3) is 3.41. The van der Waals surface area contributed by atoms with Gasteiger partial charge in [-0.2, -0.15) is 0 Å². The minimum Gasteiger partial charge on any atom is -0.504 e. The summed E-state index contributed by atoms with van der Waals surface area (Å²) in [6.45, 7) is 3.32. The van der Waals surface area contributed by atoms with Gasteiger partial charge in [-0.05, 0) is 26.0 Å². The Morgan fingerprint density at radius 1 is 1.31 bits per heavy atom. The highest BCUT2D eigenvalue weighted by Gasteiger charge is 2.16. The zero-order valence-electron chi connectivity index (χ0n) is 9.38. The van der Waals surface area contributed by atoms with Crippen molar-refractivity contribution in [3.05, 3.63) is 24.3 Å². The van der Waals surface area contributed by atoms with Gasteiger partial charge in [0.25, 0.3) is 0 Å². The summed E-state index contributed by atoms with van der Waals surface area (Å²) >= 11 is 0. The summed E-state index contributed by atoms with van der Waals surface area (Å²) in [6, 6.07) is 6.47. The average molecular weight is 244 g/mol. The molecule has 16 heavy (non-hydrogen) atoms. The van der Waals surface area contributed by atoms with E-state index in [9.17, 15) is 13.5 Å². The van der Waals surface area contributed by atoms with E-state index in [4.69, 9.17) is 4.74 Å². The zero-order valence-corrected chi connectivity index (χ0v) is 10.2. The molecule has 1 aromatic rings. The lowest BCUT2D eigenvalue weighted by molar-refractivity contribution is 0.318. The fourth-order valence-electron chi connectivity index (χ4n) is 1.08. The third-order valence-corrected chi connectivity index (χ3v) is 4.38. The van der Waals surface area contributed by atoms with Gasteiger partial charge < -0.3 is 9.84 Å². The Hall–Kier alpha value is -1.23. The highest BCUT2D eigenvalue weighted by atomic mass is 32.2. The van der Waals surface area contributed by atoms with Crippen molar-refractivity contribution < 1.29 is 18.3 Å². The van der Waals surface area contributed by atoms with Crippen molar-refractivity contribution in [1.29, 1.82) is 0 Å². The number of aromatic hydroxyl groups is 1. The van der Waals surface area contributed by atoms with Crippen molar-refractivity contribution in [1.82, 2.24) is 0 Å². The van der Waals surface area contributed by atoms with E-state index in [0.29, 0.717) is 5.75 Å². The molecule has 0 aromatic heterocycles. The van der Waals surface area contributed by atoms with E-state index in [-0.39, 0.29) is 18.1 Å². The summed E-state index contributed by atoms with van der Waals surface area (Å²) < 4.78 is 28.1. The standard InChI is InChI=1S/C11H16O4S/c1-9(2)16(13,14)8-7-15-11-6-4-3-5-10(11)12/h3-6,9,12H,7-8H2,1-2H3. The van der Waals surface area contributed by atoms with Crippen molar-refractivity contribution in [3.8, 4) is 11.5 Å². The van der Waals surface area contributed by atoms with Crippen LogP contribution in [0.3, 0.4) is 0 Å². The van der Waals surface area contributed by atoms with Gasteiger partial charge in [0.2, 0.25) is 0 Å². The van der Waals surface area contributed by atoms with Gasteiger partial charge in [-0.1, -0.05) is 12.1 Å². The van der Waals surface area contributed by atoms with Gasteiger partial charge in [0.05, 0.1) is 11.0 Å². The first-order chi connectivity index (χ1) is 7.43. The normalized spacial score (nSPS) is 11.7. The SMILES string of the molecule is CC(C)S(=O)(=O)CCOc1ccccc1O. The monoisotopic (exact) mass is 244 g/mol. The molecule has 0 atom stereocenters. The van der Waals surface area contributed by atoms with E-state index in [0.717, 1.165) is 0 Å². The molecule has 0 saturated carbocycles. The fraction of sp³-hybridized carbons (Fsp3) is 0.455. The van der Waals surface area contributed by atoms with Crippen LogP contribution in [0.25, 0.3) is 0 Å². The van der Waals surface area contributed by atoms with Crippen molar-refractivity contribution in [3.63, 3.8) is 0 Å². The van der Waals surface area contributed by atoms with Gasteiger partial charge in [-0.3, -0.25) is 0 Å². The molecule has 0 radical (unpaired) electrons. The molecule has 0 amide bonds. The van der Waals surface area contributed by atoms with Crippen LogP contribution < -0.4 is 4.74 Å². The number of benzene rings is 1. The maximum absolute atomic E-state index is 11.5. The van der Waals surface area contributed by atoms with Crippen LogP contribution in [0.4, 0.5) is 0 Å². The first kappa shape index (κ1) is 12.8. The lowest BCUT2D eigenvalue weighted by Crippen LogP contribution is -2.22. The molecule has 4 nitrogen and oxygen atoms in total. The number of ether oxygens (including phenoxy) is 1. The number of sulfone groups is 1. The van der Waals surface area contributed by atoms with Gasteiger partial charge in [0.1, 0.15) is 6.61 Å². The lowest BCUT2D eigenvalue weighted by atomic mass is 10.3. The second-order valence-corrected chi connectivity index (χ2v) is 6.41. The van der Waals surface area contributed by atoms with Crippen molar-refractivity contribution >= 4 is 9.84 Å². The number of para-hydroxylation sites is 2. The predicted octanol–water partition coefficient (Wildman–Crippen LogP) is 1.59. The number of phenolic OH excluding ortho intramolecular Hbond substituents is 1. The molecule has 0 fully saturated rings. The van der Waals surface area contributed by atoms with Crippen LogP contribution in [0.1, 0.15) is 13.8 Å². The van der Waals surface area contributed by atoms with Crippen LogP contribution in [-0.4, -0.2) is 31.1 Å². The molecule has 1 rings (SSSR count). The summed E-state index contributed by atoms with van der Waals surface area (Å²) in [6.07, 6.45) is 0. The van der Waals surface area contributed by atoms with Crippen LogP contribution in [0.5, 0.6) is 11.5 Å². The molecular formula is C11H16O4S. The van der Waals surface area contributed by atoms with Gasteiger partial charge in [0, 0.05) is 0 Å². The van der Waals surface area contributed by atoms with Crippen LogP contribution in [-0.2, 0) is 9.84 Å². The molecule has 1 N–H and O–H groups in total. The molecule has 90 valence electrons. The van der Waals surface area contributed by atoms with Gasteiger partial charge >= 0.3 is 0 Å². The van der Waals surface area contributed by atoms with Crippen molar-refractivity contribution in [2.45, 2.75) is 19.1 Å². The minimum atomic E-state index is -3.09. The molecule has 0 saturated heterocycles. The molecule has 0 aliphatic rings. The highest BCUT2D eigenvalue weighted by molar-refractivity contribution is 7.91. The number of rotatable bonds is 5. The molecule has 0 spiro atoms. The predicted molar refractivity (Wildman–Crippen MR) is 62.5 cm³/mol. The number of hydrogen-bond acceptors (Lipinski definition) is 4. The quantitative estimate of drug-likeness (QED) is 0.854. The maximum Gasteiger partial charge on any atom is 0.160 e. The largest absolute Gasteiger partial charge is 0.504 e. The number of phenols is 1. The van der Waals surface area contributed by atoms with E-state index in [1.165, 1.54) is 6.07 Å².